The highest BCUT2D eigenvalue weighted by atomic mass is 32.1. The van der Waals surface area contributed by atoms with Crippen LogP contribution in [-0.2, 0) is 6.54 Å². The molecule has 0 unspecified atom stereocenters. The van der Waals surface area contributed by atoms with Crippen molar-refractivity contribution in [2.45, 2.75) is 40.2 Å². The van der Waals surface area contributed by atoms with E-state index in [2.05, 4.69) is 37.8 Å². The molecule has 0 bridgehead atoms. The molecule has 128 valence electrons. The fraction of sp³-hybridized carbons (Fsp3) is 0.474. The number of nitrogens with zero attached hydrogens (tertiary/aromatic N) is 3. The molecule has 2 aromatic rings. The van der Waals surface area contributed by atoms with Gasteiger partial charge in [0.15, 0.2) is 0 Å². The molecule has 0 amide bonds. The van der Waals surface area contributed by atoms with Gasteiger partial charge >= 0.3 is 0 Å². The van der Waals surface area contributed by atoms with E-state index in [0.717, 1.165) is 34.7 Å². The first-order chi connectivity index (χ1) is 11.5. The lowest BCUT2D eigenvalue weighted by Gasteiger charge is -2.21. The molecule has 0 spiro atoms. The number of benzene rings is 1. The lowest BCUT2D eigenvalue weighted by Crippen LogP contribution is -2.21. The number of anilines is 1. The average Bonchev–Trinajstić information content (AvgIpc) is 3.08. The van der Waals surface area contributed by atoms with Crippen molar-refractivity contribution in [1.29, 1.82) is 0 Å². The number of hydrogen-bond acceptors (Lipinski definition) is 4. The van der Waals surface area contributed by atoms with E-state index in [1.54, 1.807) is 7.11 Å². The Morgan fingerprint density at radius 1 is 1.17 bits per heavy atom. The predicted molar refractivity (Wildman–Crippen MR) is 101 cm³/mol. The second-order valence-electron chi connectivity index (χ2n) is 6.49. The van der Waals surface area contributed by atoms with E-state index in [0.29, 0.717) is 6.54 Å². The molecule has 2 heterocycles. The zero-order valence-corrected chi connectivity index (χ0v) is 15.7. The Morgan fingerprint density at radius 2 is 1.88 bits per heavy atom. The first-order valence-corrected chi connectivity index (χ1v) is 8.89. The SMILES string of the molecule is COc1ccc(C)c(Cn2nc(C)c(N3CCCC3)cc2=S)c1C. The number of aryl methyl sites for hydroxylation is 2. The van der Waals surface area contributed by atoms with Gasteiger partial charge in [-0.2, -0.15) is 5.10 Å². The van der Waals surface area contributed by atoms with E-state index < -0.39 is 0 Å². The summed E-state index contributed by atoms with van der Waals surface area (Å²) in [6.45, 7) is 9.18. The molecular weight excluding hydrogens is 318 g/mol. The van der Waals surface area contributed by atoms with Crippen molar-refractivity contribution in [3.8, 4) is 5.75 Å². The van der Waals surface area contributed by atoms with Gasteiger partial charge < -0.3 is 9.64 Å². The van der Waals surface area contributed by atoms with Gasteiger partial charge in [0, 0.05) is 13.1 Å². The minimum Gasteiger partial charge on any atom is -0.496 e. The molecule has 3 rings (SSSR count). The molecule has 1 aromatic heterocycles. The summed E-state index contributed by atoms with van der Waals surface area (Å²) in [5, 5.41) is 4.78. The molecule has 0 radical (unpaired) electrons. The van der Waals surface area contributed by atoms with Gasteiger partial charge in [-0.1, -0.05) is 18.3 Å². The smallest absolute Gasteiger partial charge is 0.125 e. The number of hydrogen-bond donors (Lipinski definition) is 0. The number of ether oxygens (including phenoxy) is 1. The van der Waals surface area contributed by atoms with Gasteiger partial charge in [-0.25, -0.2) is 4.68 Å². The molecule has 4 nitrogen and oxygen atoms in total. The minimum absolute atomic E-state index is 0.675. The van der Waals surface area contributed by atoms with Crippen LogP contribution in [0.25, 0.3) is 0 Å². The van der Waals surface area contributed by atoms with Crippen LogP contribution in [0.5, 0.6) is 5.75 Å². The van der Waals surface area contributed by atoms with Crippen LogP contribution in [0, 0.1) is 25.4 Å². The molecule has 1 saturated heterocycles. The number of rotatable bonds is 4. The van der Waals surface area contributed by atoms with Gasteiger partial charge in [0.2, 0.25) is 0 Å². The molecule has 24 heavy (non-hydrogen) atoms. The van der Waals surface area contributed by atoms with Crippen LogP contribution in [-0.4, -0.2) is 30.0 Å². The second kappa shape index (κ2) is 6.93. The van der Waals surface area contributed by atoms with Crippen molar-refractivity contribution >= 4 is 17.9 Å². The third kappa shape index (κ3) is 3.18. The highest BCUT2D eigenvalue weighted by molar-refractivity contribution is 7.71. The average molecular weight is 343 g/mol. The molecular formula is C19H25N3OS. The topological polar surface area (TPSA) is 30.3 Å². The van der Waals surface area contributed by atoms with E-state index in [9.17, 15) is 0 Å². The van der Waals surface area contributed by atoms with Crippen molar-refractivity contribution in [2.75, 3.05) is 25.1 Å². The molecule has 1 aliphatic heterocycles. The molecule has 0 atom stereocenters. The molecule has 0 N–H and O–H groups in total. The third-order valence-corrected chi connectivity index (χ3v) is 5.24. The molecule has 1 aliphatic rings. The van der Waals surface area contributed by atoms with Crippen molar-refractivity contribution in [3.05, 3.63) is 45.2 Å². The minimum atomic E-state index is 0.675. The lowest BCUT2D eigenvalue weighted by atomic mass is 10.0. The highest BCUT2D eigenvalue weighted by Crippen LogP contribution is 2.26. The first kappa shape index (κ1) is 17.0. The third-order valence-electron chi connectivity index (χ3n) is 4.91. The Kier molecular flexibility index (Phi) is 4.90. The van der Waals surface area contributed by atoms with Crippen molar-refractivity contribution in [1.82, 2.24) is 9.78 Å². The summed E-state index contributed by atoms with van der Waals surface area (Å²) in [4.78, 5) is 2.39. The zero-order chi connectivity index (χ0) is 17.3. The summed E-state index contributed by atoms with van der Waals surface area (Å²) in [5.74, 6) is 0.910. The maximum Gasteiger partial charge on any atom is 0.125 e. The van der Waals surface area contributed by atoms with Gasteiger partial charge in [0.25, 0.3) is 0 Å². The standard InChI is InChI=1S/C19H25N3OS/c1-13-7-8-18(23-4)14(2)16(13)12-22-19(24)11-17(15(3)20-22)21-9-5-6-10-21/h7-8,11H,5-6,9-10,12H2,1-4H3. The van der Waals surface area contributed by atoms with Crippen LogP contribution in [0.15, 0.2) is 18.2 Å². The van der Waals surface area contributed by atoms with Crippen molar-refractivity contribution in [2.24, 2.45) is 0 Å². The summed E-state index contributed by atoms with van der Waals surface area (Å²) in [6.07, 6.45) is 2.51. The molecule has 1 aromatic carbocycles. The Bertz CT molecular complexity index is 807. The summed E-state index contributed by atoms with van der Waals surface area (Å²) < 4.78 is 8.17. The van der Waals surface area contributed by atoms with Gasteiger partial charge in [-0.15, -0.1) is 0 Å². The van der Waals surface area contributed by atoms with Gasteiger partial charge in [0.05, 0.1) is 25.0 Å². The Morgan fingerprint density at radius 3 is 2.54 bits per heavy atom. The summed E-state index contributed by atoms with van der Waals surface area (Å²) in [7, 11) is 1.71. The highest BCUT2D eigenvalue weighted by Gasteiger charge is 2.16. The zero-order valence-electron chi connectivity index (χ0n) is 14.9. The summed E-state index contributed by atoms with van der Waals surface area (Å²) in [5.41, 5.74) is 5.85. The lowest BCUT2D eigenvalue weighted by molar-refractivity contribution is 0.410. The van der Waals surface area contributed by atoms with Crippen LogP contribution in [0.3, 0.4) is 0 Å². The van der Waals surface area contributed by atoms with Gasteiger partial charge in [-0.3, -0.25) is 0 Å². The Labute approximate surface area is 149 Å². The molecule has 0 aliphatic carbocycles. The first-order valence-electron chi connectivity index (χ1n) is 8.48. The maximum absolute atomic E-state index is 5.62. The number of methoxy groups -OCH3 is 1. The van der Waals surface area contributed by atoms with Crippen LogP contribution >= 0.6 is 12.2 Å². The number of aromatic nitrogens is 2. The van der Waals surface area contributed by atoms with Gasteiger partial charge in [-0.05, 0) is 62.4 Å². The van der Waals surface area contributed by atoms with E-state index in [4.69, 9.17) is 22.1 Å². The van der Waals surface area contributed by atoms with E-state index in [-0.39, 0.29) is 0 Å². The largest absolute Gasteiger partial charge is 0.496 e. The van der Waals surface area contributed by atoms with E-state index in [1.807, 2.05) is 10.7 Å². The Hall–Kier alpha value is -1.88. The Balaban J connectivity index is 1.97. The van der Waals surface area contributed by atoms with Crippen molar-refractivity contribution in [3.63, 3.8) is 0 Å². The fourth-order valence-corrected chi connectivity index (χ4v) is 3.67. The molecule has 1 fully saturated rings. The van der Waals surface area contributed by atoms with Crippen LogP contribution in [0.2, 0.25) is 0 Å². The van der Waals surface area contributed by atoms with Crippen LogP contribution < -0.4 is 9.64 Å². The quantitative estimate of drug-likeness (QED) is 0.779. The summed E-state index contributed by atoms with van der Waals surface area (Å²) >= 11 is 5.62. The van der Waals surface area contributed by atoms with Gasteiger partial charge in [0.1, 0.15) is 10.4 Å². The normalized spacial score (nSPS) is 14.2. The second-order valence-corrected chi connectivity index (χ2v) is 6.91. The van der Waals surface area contributed by atoms with Crippen molar-refractivity contribution < 1.29 is 4.74 Å². The fourth-order valence-electron chi connectivity index (χ4n) is 3.45. The van der Waals surface area contributed by atoms with E-state index in [1.165, 1.54) is 29.7 Å². The monoisotopic (exact) mass is 343 g/mol. The van der Waals surface area contributed by atoms with Crippen LogP contribution in [0.1, 0.15) is 35.2 Å². The van der Waals surface area contributed by atoms with Crippen LogP contribution in [0.4, 0.5) is 5.69 Å². The predicted octanol–water partition coefficient (Wildman–Crippen LogP) is 4.19. The maximum atomic E-state index is 5.62. The molecule has 5 heteroatoms. The van der Waals surface area contributed by atoms with E-state index >= 15 is 0 Å². The summed E-state index contributed by atoms with van der Waals surface area (Å²) in [6, 6.07) is 6.21. The molecule has 0 saturated carbocycles.